The van der Waals surface area contributed by atoms with Crippen molar-refractivity contribution >= 4 is 17.4 Å². The van der Waals surface area contributed by atoms with E-state index in [2.05, 4.69) is 5.10 Å². The van der Waals surface area contributed by atoms with E-state index in [1.165, 1.54) is 10.9 Å². The number of ether oxygens (including phenoxy) is 1. The minimum Gasteiger partial charge on any atom is -0.383 e. The fourth-order valence-corrected chi connectivity index (χ4v) is 1.65. The Morgan fingerprint density at radius 1 is 1.65 bits per heavy atom. The number of carbonyl (C=O) groups excluding carboxylic acids is 1. The van der Waals surface area contributed by atoms with E-state index in [-0.39, 0.29) is 11.7 Å². The summed E-state index contributed by atoms with van der Waals surface area (Å²) in [7, 11) is 1.59. The fourth-order valence-electron chi connectivity index (χ4n) is 1.42. The summed E-state index contributed by atoms with van der Waals surface area (Å²) >= 11 is 5.97. The second-order valence-corrected chi connectivity index (χ2v) is 4.60. The molecular weight excluding hydrogens is 242 g/mol. The Kier molecular flexibility index (Phi) is 5.11. The summed E-state index contributed by atoms with van der Waals surface area (Å²) in [4.78, 5) is 12.1. The Labute approximate surface area is 106 Å². The molecule has 1 aromatic rings. The van der Waals surface area contributed by atoms with Crippen LogP contribution in [-0.2, 0) is 11.3 Å². The number of nitrogens with zero attached hydrogens (tertiary/aromatic N) is 2. The van der Waals surface area contributed by atoms with E-state index in [0.717, 1.165) is 0 Å². The van der Waals surface area contributed by atoms with E-state index in [4.69, 9.17) is 22.1 Å². The highest BCUT2D eigenvalue weighted by atomic mass is 35.5. The molecule has 0 aliphatic heterocycles. The third kappa shape index (κ3) is 3.28. The van der Waals surface area contributed by atoms with E-state index >= 15 is 0 Å². The van der Waals surface area contributed by atoms with Crippen LogP contribution in [0.25, 0.3) is 0 Å². The molecule has 1 rings (SSSR count). The first-order valence-corrected chi connectivity index (χ1v) is 5.86. The number of ketones is 1. The van der Waals surface area contributed by atoms with Crippen LogP contribution in [0.5, 0.6) is 0 Å². The molecule has 0 fully saturated rings. The second kappa shape index (κ2) is 6.14. The van der Waals surface area contributed by atoms with Crippen LogP contribution >= 0.6 is 11.6 Å². The predicted octanol–water partition coefficient (Wildman–Crippen LogP) is 1.35. The minimum atomic E-state index is -0.564. The number of hydrogen-bond acceptors (Lipinski definition) is 4. The van der Waals surface area contributed by atoms with E-state index in [1.807, 2.05) is 13.8 Å². The third-order valence-corrected chi connectivity index (χ3v) is 2.83. The van der Waals surface area contributed by atoms with Gasteiger partial charge in [0.1, 0.15) is 5.69 Å². The molecule has 5 nitrogen and oxygen atoms in total. The lowest BCUT2D eigenvalue weighted by Crippen LogP contribution is -2.37. The number of aromatic nitrogens is 2. The first kappa shape index (κ1) is 14.2. The highest BCUT2D eigenvalue weighted by molar-refractivity contribution is 6.33. The highest BCUT2D eigenvalue weighted by Gasteiger charge is 2.25. The number of carbonyl (C=O) groups is 1. The number of rotatable bonds is 6. The molecule has 96 valence electrons. The maximum absolute atomic E-state index is 12.1. The SMILES string of the molecule is COCCn1ncc(Cl)c1C(=O)C(N)C(C)C. The Morgan fingerprint density at radius 2 is 2.29 bits per heavy atom. The summed E-state index contributed by atoms with van der Waals surface area (Å²) in [6.45, 7) is 4.74. The van der Waals surface area contributed by atoms with Crippen LogP contribution in [-0.4, -0.2) is 35.3 Å². The molecule has 1 atom stereocenters. The van der Waals surface area contributed by atoms with Gasteiger partial charge in [0.2, 0.25) is 0 Å². The number of methoxy groups -OCH3 is 1. The normalized spacial score (nSPS) is 13.1. The summed E-state index contributed by atoms with van der Waals surface area (Å²) in [5.74, 6) is -0.122. The van der Waals surface area contributed by atoms with Gasteiger partial charge in [0.05, 0.1) is 30.4 Å². The molecule has 2 N–H and O–H groups in total. The minimum absolute atomic E-state index is 0.0596. The maximum atomic E-state index is 12.1. The monoisotopic (exact) mass is 259 g/mol. The van der Waals surface area contributed by atoms with Crippen molar-refractivity contribution in [3.8, 4) is 0 Å². The van der Waals surface area contributed by atoms with Gasteiger partial charge in [-0.3, -0.25) is 9.48 Å². The molecule has 0 radical (unpaired) electrons. The standard InChI is InChI=1S/C11H18ClN3O2/c1-7(2)9(13)11(16)10-8(12)6-14-15(10)4-5-17-3/h6-7,9H,4-5,13H2,1-3H3. The largest absolute Gasteiger partial charge is 0.383 e. The molecule has 0 spiro atoms. The molecule has 1 heterocycles. The fraction of sp³-hybridized carbons (Fsp3) is 0.636. The molecule has 0 aliphatic carbocycles. The van der Waals surface area contributed by atoms with E-state index in [9.17, 15) is 4.79 Å². The number of hydrogen-bond donors (Lipinski definition) is 1. The maximum Gasteiger partial charge on any atom is 0.199 e. The van der Waals surface area contributed by atoms with Crippen LogP contribution in [0.2, 0.25) is 5.02 Å². The Morgan fingerprint density at radius 3 is 2.82 bits per heavy atom. The zero-order chi connectivity index (χ0) is 13.0. The first-order valence-electron chi connectivity index (χ1n) is 5.49. The summed E-state index contributed by atoms with van der Waals surface area (Å²) in [6.07, 6.45) is 1.46. The van der Waals surface area contributed by atoms with Crippen LogP contribution in [0, 0.1) is 5.92 Å². The Balaban J connectivity index is 2.95. The van der Waals surface area contributed by atoms with Crippen LogP contribution in [0.4, 0.5) is 0 Å². The first-order chi connectivity index (χ1) is 7.99. The van der Waals surface area contributed by atoms with Crippen molar-refractivity contribution in [3.05, 3.63) is 16.9 Å². The Hall–Kier alpha value is -0.910. The summed E-state index contributed by atoms with van der Waals surface area (Å²) in [5.41, 5.74) is 6.20. The van der Waals surface area contributed by atoms with Gasteiger partial charge >= 0.3 is 0 Å². The summed E-state index contributed by atoms with van der Waals surface area (Å²) < 4.78 is 6.49. The molecule has 1 aromatic heterocycles. The predicted molar refractivity (Wildman–Crippen MR) is 66.3 cm³/mol. The van der Waals surface area contributed by atoms with Gasteiger partial charge < -0.3 is 10.5 Å². The number of Topliss-reactive ketones (excluding diaryl/α,β-unsaturated/α-hetero) is 1. The molecule has 0 amide bonds. The molecule has 0 saturated heterocycles. The van der Waals surface area contributed by atoms with Crippen LogP contribution in [0.3, 0.4) is 0 Å². The van der Waals surface area contributed by atoms with Crippen molar-refractivity contribution in [1.29, 1.82) is 0 Å². The molecule has 17 heavy (non-hydrogen) atoms. The molecule has 0 aliphatic rings. The van der Waals surface area contributed by atoms with E-state index in [0.29, 0.717) is 23.9 Å². The second-order valence-electron chi connectivity index (χ2n) is 4.19. The van der Waals surface area contributed by atoms with Crippen molar-refractivity contribution in [1.82, 2.24) is 9.78 Å². The molecule has 0 saturated carbocycles. The topological polar surface area (TPSA) is 70.1 Å². The average Bonchev–Trinajstić information content (AvgIpc) is 2.65. The zero-order valence-electron chi connectivity index (χ0n) is 10.3. The number of nitrogens with two attached hydrogens (primary N) is 1. The van der Waals surface area contributed by atoms with Crippen molar-refractivity contribution < 1.29 is 9.53 Å². The van der Waals surface area contributed by atoms with Gasteiger partial charge in [-0.1, -0.05) is 25.4 Å². The molecule has 6 heteroatoms. The smallest absolute Gasteiger partial charge is 0.199 e. The van der Waals surface area contributed by atoms with Gasteiger partial charge in [0.15, 0.2) is 5.78 Å². The molecule has 0 aromatic carbocycles. The molecule has 1 unspecified atom stereocenters. The number of halogens is 1. The van der Waals surface area contributed by atoms with Gasteiger partial charge in [0.25, 0.3) is 0 Å². The third-order valence-electron chi connectivity index (χ3n) is 2.56. The van der Waals surface area contributed by atoms with Crippen molar-refractivity contribution in [2.45, 2.75) is 26.4 Å². The van der Waals surface area contributed by atoms with Crippen molar-refractivity contribution in [2.75, 3.05) is 13.7 Å². The quantitative estimate of drug-likeness (QED) is 0.783. The van der Waals surface area contributed by atoms with Gasteiger partial charge in [0, 0.05) is 7.11 Å². The highest BCUT2D eigenvalue weighted by Crippen LogP contribution is 2.18. The van der Waals surface area contributed by atoms with Crippen molar-refractivity contribution in [2.24, 2.45) is 11.7 Å². The molecular formula is C11H18ClN3O2. The van der Waals surface area contributed by atoms with Gasteiger partial charge in [-0.15, -0.1) is 0 Å². The average molecular weight is 260 g/mol. The van der Waals surface area contributed by atoms with Gasteiger partial charge in [-0.05, 0) is 5.92 Å². The van der Waals surface area contributed by atoms with Crippen molar-refractivity contribution in [3.63, 3.8) is 0 Å². The van der Waals surface area contributed by atoms with Gasteiger partial charge in [-0.25, -0.2) is 0 Å². The lowest BCUT2D eigenvalue weighted by atomic mass is 9.99. The van der Waals surface area contributed by atoms with Crippen LogP contribution in [0.1, 0.15) is 24.3 Å². The summed E-state index contributed by atoms with van der Waals surface area (Å²) in [5, 5.41) is 4.38. The van der Waals surface area contributed by atoms with E-state index in [1.54, 1.807) is 7.11 Å². The van der Waals surface area contributed by atoms with Gasteiger partial charge in [-0.2, -0.15) is 5.10 Å². The summed E-state index contributed by atoms with van der Waals surface area (Å²) in [6, 6.07) is -0.564. The molecule has 0 bridgehead atoms. The van der Waals surface area contributed by atoms with E-state index < -0.39 is 6.04 Å². The van der Waals surface area contributed by atoms with Crippen LogP contribution < -0.4 is 5.73 Å². The Bertz CT molecular complexity index is 390. The lowest BCUT2D eigenvalue weighted by molar-refractivity contribution is 0.0926. The van der Waals surface area contributed by atoms with Crippen LogP contribution in [0.15, 0.2) is 6.20 Å². The zero-order valence-corrected chi connectivity index (χ0v) is 11.1. The lowest BCUT2D eigenvalue weighted by Gasteiger charge is -2.15.